The number of benzene rings is 3. The molecule has 0 unspecified atom stereocenters. The second-order valence-electron chi connectivity index (χ2n) is 8.19. The summed E-state index contributed by atoms with van der Waals surface area (Å²) in [6.45, 7) is 1.36. The van der Waals surface area contributed by atoms with Crippen molar-refractivity contribution in [2.75, 3.05) is 24.4 Å². The molecule has 198 valence electrons. The average molecular weight is 522 g/mol. The number of esters is 1. The SMILES string of the molecule is COc1ccc([N+](=O)[O-])c(NC(=O)COC(=O)CCCC(=O)Nc2ccc(Oc3ccc(C)cc3)cc2)c1. The zero-order valence-corrected chi connectivity index (χ0v) is 20.9. The van der Waals surface area contributed by atoms with E-state index in [9.17, 15) is 24.5 Å². The summed E-state index contributed by atoms with van der Waals surface area (Å²) in [5, 5.41) is 16.2. The van der Waals surface area contributed by atoms with Crippen LogP contribution in [0.25, 0.3) is 0 Å². The number of hydrogen-bond donors (Lipinski definition) is 2. The number of methoxy groups -OCH3 is 1. The van der Waals surface area contributed by atoms with Crippen LogP contribution in [0.3, 0.4) is 0 Å². The van der Waals surface area contributed by atoms with Crippen LogP contribution >= 0.6 is 0 Å². The molecule has 0 heterocycles. The summed E-state index contributed by atoms with van der Waals surface area (Å²) in [5.41, 5.74) is 1.30. The van der Waals surface area contributed by atoms with E-state index in [0.29, 0.717) is 22.9 Å². The van der Waals surface area contributed by atoms with Crippen molar-refractivity contribution in [3.8, 4) is 17.2 Å². The lowest BCUT2D eigenvalue weighted by atomic mass is 10.2. The first kappa shape index (κ1) is 27.7. The molecule has 0 aliphatic rings. The Morgan fingerprint density at radius 1 is 0.842 bits per heavy atom. The predicted molar refractivity (Wildman–Crippen MR) is 139 cm³/mol. The zero-order valence-electron chi connectivity index (χ0n) is 20.9. The van der Waals surface area contributed by atoms with Crippen molar-refractivity contribution in [2.45, 2.75) is 26.2 Å². The van der Waals surface area contributed by atoms with Crippen LogP contribution in [-0.4, -0.2) is 36.4 Å². The first-order valence-electron chi connectivity index (χ1n) is 11.7. The number of rotatable bonds is 12. The molecule has 0 atom stereocenters. The maximum Gasteiger partial charge on any atom is 0.306 e. The van der Waals surface area contributed by atoms with Crippen LogP contribution in [0.1, 0.15) is 24.8 Å². The third-order valence-electron chi connectivity index (χ3n) is 5.22. The summed E-state index contributed by atoms with van der Waals surface area (Å²) >= 11 is 0. The highest BCUT2D eigenvalue weighted by Gasteiger charge is 2.18. The van der Waals surface area contributed by atoms with E-state index in [4.69, 9.17) is 14.2 Å². The molecular weight excluding hydrogens is 494 g/mol. The van der Waals surface area contributed by atoms with E-state index in [1.165, 1.54) is 25.3 Å². The van der Waals surface area contributed by atoms with Gasteiger partial charge < -0.3 is 24.8 Å². The molecule has 2 amide bonds. The van der Waals surface area contributed by atoms with Crippen LogP contribution in [0.15, 0.2) is 66.7 Å². The normalized spacial score (nSPS) is 10.3. The number of ether oxygens (including phenoxy) is 3. The molecule has 0 bridgehead atoms. The van der Waals surface area contributed by atoms with E-state index in [-0.39, 0.29) is 36.5 Å². The highest BCUT2D eigenvalue weighted by atomic mass is 16.6. The monoisotopic (exact) mass is 521 g/mol. The van der Waals surface area contributed by atoms with Gasteiger partial charge in [-0.05, 0) is 55.8 Å². The Balaban J connectivity index is 1.36. The number of aryl methyl sites for hydroxylation is 1. The molecule has 3 rings (SSSR count). The van der Waals surface area contributed by atoms with Crippen molar-refractivity contribution < 1.29 is 33.5 Å². The summed E-state index contributed by atoms with van der Waals surface area (Å²) in [4.78, 5) is 46.7. The Morgan fingerprint density at radius 2 is 1.47 bits per heavy atom. The summed E-state index contributed by atoms with van der Waals surface area (Å²) in [5.74, 6) is -0.0632. The van der Waals surface area contributed by atoms with Crippen molar-refractivity contribution in [3.05, 3.63) is 82.4 Å². The summed E-state index contributed by atoms with van der Waals surface area (Å²) < 4.78 is 15.7. The predicted octanol–water partition coefficient (Wildman–Crippen LogP) is 4.99. The number of nitrogens with zero attached hydrogens (tertiary/aromatic N) is 1. The highest BCUT2D eigenvalue weighted by Crippen LogP contribution is 2.29. The van der Waals surface area contributed by atoms with E-state index in [1.807, 2.05) is 31.2 Å². The van der Waals surface area contributed by atoms with Crippen LogP contribution in [0.4, 0.5) is 17.1 Å². The smallest absolute Gasteiger partial charge is 0.306 e. The van der Waals surface area contributed by atoms with Gasteiger partial charge in [0.05, 0.1) is 12.0 Å². The maximum atomic E-state index is 12.2. The maximum absolute atomic E-state index is 12.2. The molecule has 0 spiro atoms. The fourth-order valence-corrected chi connectivity index (χ4v) is 3.27. The lowest BCUT2D eigenvalue weighted by Gasteiger charge is -2.09. The Hall–Kier alpha value is -4.93. The molecule has 0 aliphatic heterocycles. The van der Waals surface area contributed by atoms with Crippen LogP contribution in [0.2, 0.25) is 0 Å². The standard InChI is InChI=1S/C27H27N3O8/c1-18-6-10-20(11-7-18)38-21-12-8-19(9-13-21)28-25(31)4-3-5-27(33)37-17-26(32)29-23-16-22(36-2)14-15-24(23)30(34)35/h6-16H,3-5,17H2,1-2H3,(H,28,31)(H,29,32). The lowest BCUT2D eigenvalue weighted by Crippen LogP contribution is -2.21. The quantitative estimate of drug-likeness (QED) is 0.192. The minimum Gasteiger partial charge on any atom is -0.497 e. The topological polar surface area (TPSA) is 146 Å². The first-order chi connectivity index (χ1) is 18.2. The summed E-state index contributed by atoms with van der Waals surface area (Å²) in [7, 11) is 1.38. The molecular formula is C27H27N3O8. The van der Waals surface area contributed by atoms with Gasteiger partial charge in [-0.25, -0.2) is 0 Å². The van der Waals surface area contributed by atoms with E-state index in [2.05, 4.69) is 10.6 Å². The first-order valence-corrected chi connectivity index (χ1v) is 11.7. The second kappa shape index (κ2) is 13.4. The molecule has 0 fully saturated rings. The van der Waals surface area contributed by atoms with Gasteiger partial charge in [-0.15, -0.1) is 0 Å². The zero-order chi connectivity index (χ0) is 27.5. The Labute approximate surface area is 218 Å². The second-order valence-corrected chi connectivity index (χ2v) is 8.19. The molecule has 38 heavy (non-hydrogen) atoms. The minimum atomic E-state index is -0.748. The molecule has 11 heteroatoms. The third kappa shape index (κ3) is 8.63. The number of anilines is 2. The van der Waals surface area contributed by atoms with E-state index < -0.39 is 23.4 Å². The van der Waals surface area contributed by atoms with Gasteiger partial charge in [0.2, 0.25) is 5.91 Å². The van der Waals surface area contributed by atoms with Gasteiger partial charge >= 0.3 is 5.97 Å². The molecule has 0 aromatic heterocycles. The summed E-state index contributed by atoms with van der Waals surface area (Å²) in [6.07, 6.45) is 0.199. The van der Waals surface area contributed by atoms with Gasteiger partial charge in [0.15, 0.2) is 6.61 Å². The van der Waals surface area contributed by atoms with E-state index in [0.717, 1.165) is 5.56 Å². The van der Waals surface area contributed by atoms with Crippen LogP contribution < -0.4 is 20.1 Å². The molecule has 3 aromatic rings. The Morgan fingerprint density at radius 3 is 2.11 bits per heavy atom. The highest BCUT2D eigenvalue weighted by molar-refractivity contribution is 5.95. The van der Waals surface area contributed by atoms with Gasteiger partial charge in [-0.1, -0.05) is 17.7 Å². The number of nitrogens with one attached hydrogen (secondary N) is 2. The molecule has 11 nitrogen and oxygen atoms in total. The molecule has 0 aliphatic carbocycles. The Bertz CT molecular complexity index is 1290. The average Bonchev–Trinajstić information content (AvgIpc) is 2.89. The van der Waals surface area contributed by atoms with Crippen molar-refractivity contribution in [1.29, 1.82) is 0 Å². The number of hydrogen-bond acceptors (Lipinski definition) is 8. The molecule has 0 radical (unpaired) electrons. The Kier molecular flexibility index (Phi) is 9.75. The number of amides is 2. The molecule has 2 N–H and O–H groups in total. The fourth-order valence-electron chi connectivity index (χ4n) is 3.27. The van der Waals surface area contributed by atoms with Crippen molar-refractivity contribution in [1.82, 2.24) is 0 Å². The fraction of sp³-hybridized carbons (Fsp3) is 0.222. The number of nitro benzene ring substituents is 1. The van der Waals surface area contributed by atoms with Gasteiger partial charge in [0.1, 0.15) is 22.9 Å². The van der Waals surface area contributed by atoms with Crippen molar-refractivity contribution in [2.24, 2.45) is 0 Å². The van der Waals surface area contributed by atoms with E-state index in [1.54, 1.807) is 24.3 Å². The largest absolute Gasteiger partial charge is 0.497 e. The van der Waals surface area contributed by atoms with Gasteiger partial charge in [0.25, 0.3) is 11.6 Å². The van der Waals surface area contributed by atoms with E-state index >= 15 is 0 Å². The van der Waals surface area contributed by atoms with Crippen molar-refractivity contribution >= 4 is 34.8 Å². The van der Waals surface area contributed by atoms with Gasteiger partial charge in [-0.3, -0.25) is 24.5 Å². The molecule has 0 saturated carbocycles. The van der Waals surface area contributed by atoms with Gasteiger partial charge in [-0.2, -0.15) is 0 Å². The molecule has 0 saturated heterocycles. The van der Waals surface area contributed by atoms with Gasteiger partial charge in [0, 0.05) is 30.7 Å². The van der Waals surface area contributed by atoms with Crippen LogP contribution in [-0.2, 0) is 19.1 Å². The van der Waals surface area contributed by atoms with Crippen LogP contribution in [0, 0.1) is 17.0 Å². The summed E-state index contributed by atoms with van der Waals surface area (Å²) in [6, 6.07) is 18.4. The lowest BCUT2D eigenvalue weighted by molar-refractivity contribution is -0.383. The number of carbonyl (C=O) groups is 3. The van der Waals surface area contributed by atoms with Crippen LogP contribution in [0.5, 0.6) is 17.2 Å². The number of carbonyl (C=O) groups excluding carboxylic acids is 3. The molecule has 3 aromatic carbocycles. The van der Waals surface area contributed by atoms with Crippen molar-refractivity contribution in [3.63, 3.8) is 0 Å². The third-order valence-corrected chi connectivity index (χ3v) is 5.22. The minimum absolute atomic E-state index is 0.0684. The number of nitro groups is 1.